The van der Waals surface area contributed by atoms with E-state index in [2.05, 4.69) is 5.32 Å². The minimum absolute atomic E-state index is 0.263. The number of rotatable bonds is 3. The molecule has 0 bridgehead atoms. The Hall–Kier alpha value is -2.04. The van der Waals surface area contributed by atoms with Gasteiger partial charge in [-0.1, -0.05) is 18.2 Å². The monoisotopic (exact) mass is 235 g/mol. The van der Waals surface area contributed by atoms with E-state index in [1.54, 1.807) is 0 Å². The fraction of sp³-hybridized carbons (Fsp3) is 0.333. The maximum absolute atomic E-state index is 11.6. The summed E-state index contributed by atoms with van der Waals surface area (Å²) in [5.74, 6) is -1.94. The molecule has 2 atom stereocenters. The Morgan fingerprint density at radius 1 is 1.47 bits per heavy atom. The number of fused-ring (bicyclic) bond motifs is 1. The van der Waals surface area contributed by atoms with E-state index in [-0.39, 0.29) is 6.04 Å². The van der Waals surface area contributed by atoms with Crippen LogP contribution in [0.4, 0.5) is 0 Å². The van der Waals surface area contributed by atoms with Gasteiger partial charge in [0.05, 0.1) is 6.04 Å². The molecule has 0 saturated heterocycles. The standard InChI is InChI=1S/C12H13NO4/c1-7(12(15)16)11(14)13-9-6-17-10-5-3-2-4-8(9)10/h2-5,7,9H,6H2,1H3,(H,13,14)(H,15,16). The molecular formula is C12H13NO4. The Bertz CT molecular complexity index is 458. The first-order valence-electron chi connectivity index (χ1n) is 5.34. The molecule has 0 fully saturated rings. The van der Waals surface area contributed by atoms with Crippen LogP contribution in [0.25, 0.3) is 0 Å². The lowest BCUT2D eigenvalue weighted by atomic mass is 10.1. The Morgan fingerprint density at radius 2 is 2.18 bits per heavy atom. The molecule has 0 saturated carbocycles. The van der Waals surface area contributed by atoms with Crippen molar-refractivity contribution in [2.45, 2.75) is 13.0 Å². The highest BCUT2D eigenvalue weighted by Gasteiger charge is 2.28. The second-order valence-corrected chi connectivity index (χ2v) is 3.97. The summed E-state index contributed by atoms with van der Waals surface area (Å²) < 4.78 is 5.39. The van der Waals surface area contributed by atoms with Gasteiger partial charge in [0.15, 0.2) is 0 Å². The molecule has 1 aromatic rings. The van der Waals surface area contributed by atoms with Gasteiger partial charge in [0.2, 0.25) is 5.91 Å². The SMILES string of the molecule is CC(C(=O)O)C(=O)NC1COc2ccccc21. The van der Waals surface area contributed by atoms with Crippen LogP contribution in [0.1, 0.15) is 18.5 Å². The van der Waals surface area contributed by atoms with Crippen LogP contribution in [0.15, 0.2) is 24.3 Å². The third-order valence-electron chi connectivity index (χ3n) is 2.78. The number of carbonyl (C=O) groups excluding carboxylic acids is 1. The van der Waals surface area contributed by atoms with Crippen molar-refractivity contribution in [3.05, 3.63) is 29.8 Å². The van der Waals surface area contributed by atoms with Gasteiger partial charge in [-0.3, -0.25) is 9.59 Å². The minimum atomic E-state index is -1.13. The molecule has 0 aromatic heterocycles. The summed E-state index contributed by atoms with van der Waals surface area (Å²) in [6, 6.07) is 7.12. The highest BCUT2D eigenvalue weighted by molar-refractivity contribution is 5.96. The molecule has 1 amide bonds. The lowest BCUT2D eigenvalue weighted by Crippen LogP contribution is -2.36. The molecule has 1 aliphatic rings. The third kappa shape index (κ3) is 2.22. The van der Waals surface area contributed by atoms with E-state index < -0.39 is 17.8 Å². The predicted octanol–water partition coefficient (Wildman–Crippen LogP) is 0.957. The fourth-order valence-corrected chi connectivity index (χ4v) is 1.69. The summed E-state index contributed by atoms with van der Waals surface area (Å²) >= 11 is 0. The first-order chi connectivity index (χ1) is 8.09. The summed E-state index contributed by atoms with van der Waals surface area (Å²) in [4.78, 5) is 22.3. The van der Waals surface area contributed by atoms with Gasteiger partial charge in [0.25, 0.3) is 0 Å². The highest BCUT2D eigenvalue weighted by atomic mass is 16.5. The Morgan fingerprint density at radius 3 is 2.88 bits per heavy atom. The third-order valence-corrected chi connectivity index (χ3v) is 2.78. The molecule has 5 nitrogen and oxygen atoms in total. The van der Waals surface area contributed by atoms with E-state index in [1.807, 2.05) is 24.3 Å². The molecule has 0 aliphatic carbocycles. The molecule has 17 heavy (non-hydrogen) atoms. The van der Waals surface area contributed by atoms with Gasteiger partial charge in [-0.2, -0.15) is 0 Å². The molecule has 0 spiro atoms. The predicted molar refractivity (Wildman–Crippen MR) is 59.6 cm³/mol. The zero-order valence-corrected chi connectivity index (χ0v) is 9.34. The molecule has 90 valence electrons. The van der Waals surface area contributed by atoms with Gasteiger partial charge in [-0.25, -0.2) is 0 Å². The Kier molecular flexibility index (Phi) is 2.99. The Balaban J connectivity index is 2.07. The van der Waals surface area contributed by atoms with E-state index >= 15 is 0 Å². The van der Waals surface area contributed by atoms with Gasteiger partial charge in [0.1, 0.15) is 18.3 Å². The number of hydrogen-bond donors (Lipinski definition) is 2. The average molecular weight is 235 g/mol. The zero-order chi connectivity index (χ0) is 12.4. The van der Waals surface area contributed by atoms with Gasteiger partial charge < -0.3 is 15.2 Å². The molecule has 0 radical (unpaired) electrons. The minimum Gasteiger partial charge on any atom is -0.491 e. The molecule has 5 heteroatoms. The summed E-state index contributed by atoms with van der Waals surface area (Å²) in [6.07, 6.45) is 0. The molecule has 2 unspecified atom stereocenters. The van der Waals surface area contributed by atoms with Crippen molar-refractivity contribution in [2.75, 3.05) is 6.61 Å². The van der Waals surface area contributed by atoms with E-state index in [4.69, 9.17) is 9.84 Å². The van der Waals surface area contributed by atoms with Crippen LogP contribution in [0.2, 0.25) is 0 Å². The molecule has 1 heterocycles. The molecule has 1 aliphatic heterocycles. The van der Waals surface area contributed by atoms with Crippen molar-refractivity contribution in [3.8, 4) is 5.75 Å². The number of ether oxygens (including phenoxy) is 1. The van der Waals surface area contributed by atoms with Crippen molar-refractivity contribution in [2.24, 2.45) is 5.92 Å². The number of hydrogen-bond acceptors (Lipinski definition) is 3. The highest BCUT2D eigenvalue weighted by Crippen LogP contribution is 2.31. The number of nitrogens with one attached hydrogen (secondary N) is 1. The van der Waals surface area contributed by atoms with Crippen LogP contribution in [-0.2, 0) is 9.59 Å². The van der Waals surface area contributed by atoms with E-state index in [0.29, 0.717) is 6.61 Å². The zero-order valence-electron chi connectivity index (χ0n) is 9.34. The summed E-state index contributed by atoms with van der Waals surface area (Å²) in [5, 5.41) is 11.4. The van der Waals surface area contributed by atoms with Gasteiger partial charge in [-0.05, 0) is 13.0 Å². The van der Waals surface area contributed by atoms with Crippen molar-refractivity contribution in [3.63, 3.8) is 0 Å². The number of carboxylic acids is 1. The lowest BCUT2D eigenvalue weighted by Gasteiger charge is -2.13. The van der Waals surface area contributed by atoms with Gasteiger partial charge >= 0.3 is 5.97 Å². The molecule has 2 N–H and O–H groups in total. The van der Waals surface area contributed by atoms with E-state index in [1.165, 1.54) is 6.92 Å². The normalized spacial score (nSPS) is 19.0. The van der Waals surface area contributed by atoms with Crippen LogP contribution in [-0.4, -0.2) is 23.6 Å². The van der Waals surface area contributed by atoms with Crippen molar-refractivity contribution < 1.29 is 19.4 Å². The van der Waals surface area contributed by atoms with E-state index in [9.17, 15) is 9.59 Å². The number of aliphatic carboxylic acids is 1. The maximum atomic E-state index is 11.6. The largest absolute Gasteiger partial charge is 0.491 e. The number of carboxylic acid groups (broad SMARTS) is 1. The number of benzene rings is 1. The van der Waals surface area contributed by atoms with E-state index in [0.717, 1.165) is 11.3 Å². The second kappa shape index (κ2) is 4.45. The quantitative estimate of drug-likeness (QED) is 0.765. The summed E-state index contributed by atoms with van der Waals surface area (Å²) in [6.45, 7) is 1.71. The van der Waals surface area contributed by atoms with Crippen LogP contribution >= 0.6 is 0 Å². The van der Waals surface area contributed by atoms with Gasteiger partial charge in [0, 0.05) is 5.56 Å². The summed E-state index contributed by atoms with van der Waals surface area (Å²) in [5.41, 5.74) is 0.887. The second-order valence-electron chi connectivity index (χ2n) is 3.97. The molecule has 2 rings (SSSR count). The van der Waals surface area contributed by atoms with Gasteiger partial charge in [-0.15, -0.1) is 0 Å². The van der Waals surface area contributed by atoms with Crippen molar-refractivity contribution in [1.29, 1.82) is 0 Å². The topological polar surface area (TPSA) is 75.6 Å². The van der Waals surface area contributed by atoms with Crippen molar-refractivity contribution in [1.82, 2.24) is 5.32 Å². The summed E-state index contributed by atoms with van der Waals surface area (Å²) in [7, 11) is 0. The molecular weight excluding hydrogens is 222 g/mol. The first-order valence-corrected chi connectivity index (χ1v) is 5.34. The number of para-hydroxylation sites is 1. The maximum Gasteiger partial charge on any atom is 0.315 e. The van der Waals surface area contributed by atoms with Crippen LogP contribution in [0.3, 0.4) is 0 Å². The smallest absolute Gasteiger partial charge is 0.315 e. The number of amides is 1. The molecule has 1 aromatic carbocycles. The fourth-order valence-electron chi connectivity index (χ4n) is 1.69. The lowest BCUT2D eigenvalue weighted by molar-refractivity contribution is -0.146. The number of carbonyl (C=O) groups is 2. The van der Waals surface area contributed by atoms with Crippen LogP contribution in [0.5, 0.6) is 5.75 Å². The first kappa shape index (κ1) is 11.4. The van der Waals surface area contributed by atoms with Crippen molar-refractivity contribution >= 4 is 11.9 Å². The average Bonchev–Trinajstić information content (AvgIpc) is 2.71. The van der Waals surface area contributed by atoms with Crippen LogP contribution in [0, 0.1) is 5.92 Å². The van der Waals surface area contributed by atoms with Crippen LogP contribution < -0.4 is 10.1 Å². The Labute approximate surface area is 98.4 Å².